The standard InChI is InChI=1S/C16H18N4O/c17-14-13-11-18-20(12-7-3-1-4-8-12)15(13)19-16(21-14)9-5-2-6-10-16/h1,3-4,7-8,11,17,19H,2,5-6,9-10H2. The van der Waals surface area contributed by atoms with Crippen molar-refractivity contribution in [3.8, 4) is 5.69 Å². The maximum Gasteiger partial charge on any atom is 0.220 e. The molecule has 1 saturated carbocycles. The van der Waals surface area contributed by atoms with E-state index < -0.39 is 5.72 Å². The second-order valence-corrected chi connectivity index (χ2v) is 5.77. The van der Waals surface area contributed by atoms with Gasteiger partial charge in [0.05, 0.1) is 17.4 Å². The lowest BCUT2D eigenvalue weighted by Gasteiger charge is -2.41. The van der Waals surface area contributed by atoms with E-state index in [1.165, 1.54) is 6.42 Å². The van der Waals surface area contributed by atoms with E-state index in [0.717, 1.165) is 42.8 Å². The van der Waals surface area contributed by atoms with Gasteiger partial charge in [0.1, 0.15) is 5.82 Å². The van der Waals surface area contributed by atoms with E-state index in [0.29, 0.717) is 0 Å². The molecule has 2 N–H and O–H groups in total. The molecule has 0 amide bonds. The SMILES string of the molecule is N=C1OC2(CCCCC2)Nc2c1cnn2-c1ccccc1. The highest BCUT2D eigenvalue weighted by Gasteiger charge is 2.41. The van der Waals surface area contributed by atoms with Crippen molar-refractivity contribution in [2.75, 3.05) is 5.32 Å². The first kappa shape index (κ1) is 12.4. The molecular formula is C16H18N4O. The van der Waals surface area contributed by atoms with E-state index in [4.69, 9.17) is 10.1 Å². The first-order valence-corrected chi connectivity index (χ1v) is 7.47. The summed E-state index contributed by atoms with van der Waals surface area (Å²) in [7, 11) is 0. The minimum atomic E-state index is -0.422. The van der Waals surface area contributed by atoms with Gasteiger partial charge in [-0.15, -0.1) is 0 Å². The van der Waals surface area contributed by atoms with Gasteiger partial charge in [0.25, 0.3) is 0 Å². The van der Waals surface area contributed by atoms with Gasteiger partial charge < -0.3 is 10.1 Å². The van der Waals surface area contributed by atoms with Gasteiger partial charge in [-0.2, -0.15) is 5.10 Å². The number of hydrogen-bond donors (Lipinski definition) is 2. The third-order valence-electron chi connectivity index (χ3n) is 4.32. The molecule has 0 bridgehead atoms. The number of fused-ring (bicyclic) bond motifs is 1. The normalized spacial score (nSPS) is 19.7. The minimum absolute atomic E-state index is 0.229. The first-order chi connectivity index (χ1) is 10.3. The molecule has 0 unspecified atom stereocenters. The molecule has 2 heterocycles. The molecule has 5 nitrogen and oxygen atoms in total. The highest BCUT2D eigenvalue weighted by atomic mass is 16.5. The predicted molar refractivity (Wildman–Crippen MR) is 80.9 cm³/mol. The second-order valence-electron chi connectivity index (χ2n) is 5.77. The number of aromatic nitrogens is 2. The summed E-state index contributed by atoms with van der Waals surface area (Å²) in [5.41, 5.74) is 1.30. The fourth-order valence-electron chi connectivity index (χ4n) is 3.24. The van der Waals surface area contributed by atoms with Gasteiger partial charge in [0.2, 0.25) is 5.90 Å². The number of benzene rings is 1. The molecule has 1 aliphatic carbocycles. The lowest BCUT2D eigenvalue weighted by atomic mass is 9.90. The Balaban J connectivity index is 1.78. The van der Waals surface area contributed by atoms with Gasteiger partial charge in [-0.3, -0.25) is 5.41 Å². The summed E-state index contributed by atoms with van der Waals surface area (Å²) in [5.74, 6) is 1.10. The van der Waals surface area contributed by atoms with Crippen LogP contribution >= 0.6 is 0 Å². The highest BCUT2D eigenvalue weighted by molar-refractivity contribution is 5.98. The molecule has 4 rings (SSSR count). The molecule has 1 fully saturated rings. The van der Waals surface area contributed by atoms with Crippen LogP contribution in [0.4, 0.5) is 5.82 Å². The number of hydrogen-bond acceptors (Lipinski definition) is 4. The van der Waals surface area contributed by atoms with Crippen LogP contribution in [-0.4, -0.2) is 21.4 Å². The molecule has 0 saturated heterocycles. The van der Waals surface area contributed by atoms with Gasteiger partial charge >= 0.3 is 0 Å². The molecule has 21 heavy (non-hydrogen) atoms. The lowest BCUT2D eigenvalue weighted by Crippen LogP contribution is -2.48. The summed E-state index contributed by atoms with van der Waals surface area (Å²) >= 11 is 0. The van der Waals surface area contributed by atoms with Crippen LogP contribution in [0.15, 0.2) is 36.5 Å². The van der Waals surface area contributed by atoms with Crippen LogP contribution in [0.1, 0.15) is 37.7 Å². The largest absolute Gasteiger partial charge is 0.451 e. The zero-order valence-corrected chi connectivity index (χ0v) is 11.8. The van der Waals surface area contributed by atoms with E-state index in [1.54, 1.807) is 6.20 Å². The van der Waals surface area contributed by atoms with Crippen LogP contribution in [0.25, 0.3) is 5.69 Å². The fraction of sp³-hybridized carbons (Fsp3) is 0.375. The molecule has 0 atom stereocenters. The van der Waals surface area contributed by atoms with Crippen molar-refractivity contribution < 1.29 is 4.74 Å². The summed E-state index contributed by atoms with van der Waals surface area (Å²) in [6.45, 7) is 0. The van der Waals surface area contributed by atoms with Crippen molar-refractivity contribution in [3.05, 3.63) is 42.1 Å². The topological polar surface area (TPSA) is 62.9 Å². The Morgan fingerprint density at radius 2 is 1.90 bits per heavy atom. The molecule has 1 aromatic carbocycles. The number of rotatable bonds is 1. The van der Waals surface area contributed by atoms with Crippen LogP contribution in [0.3, 0.4) is 0 Å². The Kier molecular flexibility index (Phi) is 2.74. The van der Waals surface area contributed by atoms with Crippen LogP contribution < -0.4 is 5.32 Å². The Bertz CT molecular complexity index is 671. The summed E-state index contributed by atoms with van der Waals surface area (Å²) < 4.78 is 7.77. The number of para-hydroxylation sites is 1. The number of nitrogens with one attached hydrogen (secondary N) is 2. The van der Waals surface area contributed by atoms with Crippen molar-refractivity contribution >= 4 is 11.7 Å². The van der Waals surface area contributed by atoms with Crippen molar-refractivity contribution in [1.82, 2.24) is 9.78 Å². The minimum Gasteiger partial charge on any atom is -0.451 e. The summed E-state index contributed by atoms with van der Waals surface area (Å²) in [5, 5.41) is 16.1. The van der Waals surface area contributed by atoms with E-state index >= 15 is 0 Å². The number of anilines is 1. The summed E-state index contributed by atoms with van der Waals surface area (Å²) in [4.78, 5) is 0. The van der Waals surface area contributed by atoms with Crippen LogP contribution in [-0.2, 0) is 4.74 Å². The molecule has 5 heteroatoms. The van der Waals surface area contributed by atoms with Gasteiger partial charge in [-0.1, -0.05) is 24.6 Å². The van der Waals surface area contributed by atoms with E-state index in [9.17, 15) is 0 Å². The molecule has 1 aliphatic heterocycles. The third kappa shape index (κ3) is 2.00. The molecular weight excluding hydrogens is 264 g/mol. The van der Waals surface area contributed by atoms with E-state index in [2.05, 4.69) is 10.4 Å². The Morgan fingerprint density at radius 3 is 2.67 bits per heavy atom. The summed E-state index contributed by atoms with van der Waals surface area (Å²) in [6.07, 6.45) is 7.09. The monoisotopic (exact) mass is 282 g/mol. The maximum atomic E-state index is 8.19. The van der Waals surface area contributed by atoms with Crippen LogP contribution in [0, 0.1) is 5.41 Å². The Hall–Kier alpha value is -2.30. The van der Waals surface area contributed by atoms with Crippen molar-refractivity contribution in [3.63, 3.8) is 0 Å². The van der Waals surface area contributed by atoms with Crippen LogP contribution in [0.5, 0.6) is 0 Å². The maximum absolute atomic E-state index is 8.19. The summed E-state index contributed by atoms with van der Waals surface area (Å²) in [6, 6.07) is 10.00. The predicted octanol–water partition coefficient (Wildman–Crippen LogP) is 3.30. The average Bonchev–Trinajstić information content (AvgIpc) is 2.93. The molecule has 108 valence electrons. The molecule has 2 aliphatic rings. The third-order valence-corrected chi connectivity index (χ3v) is 4.32. The van der Waals surface area contributed by atoms with Gasteiger partial charge in [0.15, 0.2) is 5.72 Å². The van der Waals surface area contributed by atoms with Crippen LogP contribution in [0.2, 0.25) is 0 Å². The molecule has 1 aromatic heterocycles. The highest BCUT2D eigenvalue weighted by Crippen LogP contribution is 2.38. The average molecular weight is 282 g/mol. The molecule has 2 aromatic rings. The lowest BCUT2D eigenvalue weighted by molar-refractivity contribution is 0.0406. The van der Waals surface area contributed by atoms with Gasteiger partial charge in [0, 0.05) is 12.8 Å². The van der Waals surface area contributed by atoms with Crippen molar-refractivity contribution in [1.29, 1.82) is 5.41 Å². The fourth-order valence-corrected chi connectivity index (χ4v) is 3.24. The smallest absolute Gasteiger partial charge is 0.220 e. The number of nitrogens with zero attached hydrogens (tertiary/aromatic N) is 2. The quantitative estimate of drug-likeness (QED) is 0.843. The Labute approximate surface area is 123 Å². The Morgan fingerprint density at radius 1 is 1.14 bits per heavy atom. The zero-order valence-electron chi connectivity index (χ0n) is 11.8. The van der Waals surface area contributed by atoms with Gasteiger partial charge in [-0.05, 0) is 25.0 Å². The van der Waals surface area contributed by atoms with E-state index in [-0.39, 0.29) is 5.90 Å². The van der Waals surface area contributed by atoms with Crippen molar-refractivity contribution in [2.24, 2.45) is 0 Å². The zero-order chi connectivity index (χ0) is 14.3. The molecule has 1 spiro atoms. The van der Waals surface area contributed by atoms with E-state index in [1.807, 2.05) is 35.0 Å². The van der Waals surface area contributed by atoms with Gasteiger partial charge in [-0.25, -0.2) is 4.68 Å². The molecule has 0 radical (unpaired) electrons. The first-order valence-electron chi connectivity index (χ1n) is 7.47. The second kappa shape index (κ2) is 4.62. The number of ether oxygens (including phenoxy) is 1. The van der Waals surface area contributed by atoms with Crippen molar-refractivity contribution in [2.45, 2.75) is 37.8 Å².